The standard InChI is InChI=1S/C23H30FN5O.HI/c1-25-23(26-10-9-18-16-27-22-14-19(24)7-8-21(18)22)28-15-17-5-4-6-20(13-17)30-12-11-29(2)3;/h4-8,13-14,16,27H,9-12,15H2,1-3H3,(H2,25,26,28);1H. The molecule has 0 aliphatic rings. The zero-order chi connectivity index (χ0) is 21.3. The van der Waals surface area contributed by atoms with Gasteiger partial charge in [-0.15, -0.1) is 24.0 Å². The van der Waals surface area contributed by atoms with Gasteiger partial charge in [-0.25, -0.2) is 4.39 Å². The normalized spacial score (nSPS) is 11.5. The van der Waals surface area contributed by atoms with E-state index in [4.69, 9.17) is 4.74 Å². The van der Waals surface area contributed by atoms with Crippen molar-refractivity contribution >= 4 is 40.8 Å². The Morgan fingerprint density at radius 2 is 2.00 bits per heavy atom. The fraction of sp³-hybridized carbons (Fsp3) is 0.348. The van der Waals surface area contributed by atoms with E-state index < -0.39 is 0 Å². The maximum Gasteiger partial charge on any atom is 0.191 e. The maximum atomic E-state index is 13.3. The number of nitrogens with zero attached hydrogens (tertiary/aromatic N) is 2. The average Bonchev–Trinajstić information content (AvgIpc) is 3.12. The number of guanidine groups is 1. The summed E-state index contributed by atoms with van der Waals surface area (Å²) < 4.78 is 19.1. The van der Waals surface area contributed by atoms with Crippen LogP contribution in [0.1, 0.15) is 11.1 Å². The number of hydrogen-bond donors (Lipinski definition) is 3. The number of rotatable bonds is 9. The molecule has 0 bridgehead atoms. The van der Waals surface area contributed by atoms with Crippen molar-refractivity contribution in [3.8, 4) is 5.75 Å². The minimum absolute atomic E-state index is 0. The Morgan fingerprint density at radius 1 is 1.16 bits per heavy atom. The monoisotopic (exact) mass is 539 g/mol. The van der Waals surface area contributed by atoms with Crippen molar-refractivity contribution in [1.29, 1.82) is 0 Å². The summed E-state index contributed by atoms with van der Waals surface area (Å²) in [5.41, 5.74) is 3.09. The van der Waals surface area contributed by atoms with Crippen LogP contribution < -0.4 is 15.4 Å². The molecule has 0 atom stereocenters. The van der Waals surface area contributed by atoms with Crippen molar-refractivity contribution in [2.45, 2.75) is 13.0 Å². The summed E-state index contributed by atoms with van der Waals surface area (Å²) in [4.78, 5) is 9.51. The van der Waals surface area contributed by atoms with Crippen LogP contribution in [-0.4, -0.2) is 56.7 Å². The SMILES string of the molecule is CN=C(NCCc1c[nH]c2cc(F)ccc12)NCc1cccc(OCCN(C)C)c1.I. The quantitative estimate of drug-likeness (QED) is 0.220. The van der Waals surface area contributed by atoms with Crippen molar-refractivity contribution in [1.82, 2.24) is 20.5 Å². The lowest BCUT2D eigenvalue weighted by atomic mass is 10.1. The molecule has 3 N–H and O–H groups in total. The van der Waals surface area contributed by atoms with Gasteiger partial charge in [-0.05, 0) is 62.0 Å². The fourth-order valence-corrected chi connectivity index (χ4v) is 3.18. The van der Waals surface area contributed by atoms with Gasteiger partial charge in [0.15, 0.2) is 5.96 Å². The second-order valence-electron chi connectivity index (χ2n) is 7.41. The van der Waals surface area contributed by atoms with Crippen molar-refractivity contribution in [3.63, 3.8) is 0 Å². The number of likely N-dealkylation sites (N-methyl/N-ethyl adjacent to an activating group) is 1. The molecule has 0 amide bonds. The molecule has 0 unspecified atom stereocenters. The van der Waals surface area contributed by atoms with Crippen LogP contribution in [0.4, 0.5) is 4.39 Å². The van der Waals surface area contributed by atoms with Crippen molar-refractivity contribution in [3.05, 3.63) is 65.6 Å². The number of hydrogen-bond acceptors (Lipinski definition) is 3. The summed E-state index contributed by atoms with van der Waals surface area (Å²) in [5.74, 6) is 1.38. The third kappa shape index (κ3) is 7.70. The molecule has 6 nitrogen and oxygen atoms in total. The first-order chi connectivity index (χ1) is 14.5. The number of aromatic amines is 1. The van der Waals surface area contributed by atoms with Gasteiger partial charge < -0.3 is 25.3 Å². The van der Waals surface area contributed by atoms with Crippen LogP contribution >= 0.6 is 24.0 Å². The fourth-order valence-electron chi connectivity index (χ4n) is 3.18. The van der Waals surface area contributed by atoms with E-state index in [-0.39, 0.29) is 29.8 Å². The van der Waals surface area contributed by atoms with Crippen LogP contribution in [0, 0.1) is 5.82 Å². The molecule has 0 radical (unpaired) electrons. The Morgan fingerprint density at radius 3 is 2.77 bits per heavy atom. The minimum Gasteiger partial charge on any atom is -0.492 e. The summed E-state index contributed by atoms with van der Waals surface area (Å²) in [7, 11) is 5.81. The van der Waals surface area contributed by atoms with E-state index in [0.717, 1.165) is 53.2 Å². The largest absolute Gasteiger partial charge is 0.492 e. The predicted molar refractivity (Wildman–Crippen MR) is 136 cm³/mol. The average molecular weight is 539 g/mol. The maximum absolute atomic E-state index is 13.3. The second kappa shape index (κ2) is 12.5. The molecule has 0 aliphatic heterocycles. The van der Waals surface area contributed by atoms with Gasteiger partial charge in [-0.2, -0.15) is 0 Å². The molecule has 0 aliphatic carbocycles. The van der Waals surface area contributed by atoms with E-state index in [1.807, 2.05) is 44.6 Å². The first-order valence-corrected chi connectivity index (χ1v) is 10.1. The van der Waals surface area contributed by atoms with E-state index in [2.05, 4.69) is 31.6 Å². The Bertz CT molecular complexity index is 989. The minimum atomic E-state index is -0.231. The van der Waals surface area contributed by atoms with E-state index in [9.17, 15) is 4.39 Å². The molecule has 0 saturated heterocycles. The Balaban J connectivity index is 0.00000341. The van der Waals surface area contributed by atoms with E-state index in [1.54, 1.807) is 7.05 Å². The molecule has 1 heterocycles. The zero-order valence-corrected chi connectivity index (χ0v) is 20.6. The molecule has 0 fully saturated rings. The molecule has 0 saturated carbocycles. The smallest absolute Gasteiger partial charge is 0.191 e. The molecule has 3 rings (SSSR count). The number of fused-ring (bicyclic) bond motifs is 1. The highest BCUT2D eigenvalue weighted by Gasteiger charge is 2.06. The zero-order valence-electron chi connectivity index (χ0n) is 18.2. The molecular weight excluding hydrogens is 508 g/mol. The van der Waals surface area contributed by atoms with Gasteiger partial charge in [0.2, 0.25) is 0 Å². The molecule has 2 aromatic carbocycles. The highest BCUT2D eigenvalue weighted by atomic mass is 127. The summed E-state index contributed by atoms with van der Waals surface area (Å²) >= 11 is 0. The number of nitrogens with one attached hydrogen (secondary N) is 3. The highest BCUT2D eigenvalue weighted by Crippen LogP contribution is 2.19. The van der Waals surface area contributed by atoms with Gasteiger partial charge in [0, 0.05) is 43.8 Å². The molecular formula is C23H31FIN5O. The number of halogens is 2. The Labute approximate surface area is 200 Å². The summed E-state index contributed by atoms with van der Waals surface area (Å²) in [6, 6.07) is 12.9. The Hall–Kier alpha value is -2.33. The van der Waals surface area contributed by atoms with Crippen LogP contribution in [0.2, 0.25) is 0 Å². The van der Waals surface area contributed by atoms with E-state index >= 15 is 0 Å². The van der Waals surface area contributed by atoms with E-state index in [0.29, 0.717) is 13.2 Å². The van der Waals surface area contributed by atoms with Crippen LogP contribution in [0.3, 0.4) is 0 Å². The first-order valence-electron chi connectivity index (χ1n) is 10.1. The lowest BCUT2D eigenvalue weighted by molar-refractivity contribution is 0.261. The number of aliphatic imine (C=N–C) groups is 1. The van der Waals surface area contributed by atoms with Gasteiger partial charge in [-0.3, -0.25) is 4.99 Å². The highest BCUT2D eigenvalue weighted by molar-refractivity contribution is 14.0. The first kappa shape index (κ1) is 24.9. The van der Waals surface area contributed by atoms with Crippen LogP contribution in [0.15, 0.2) is 53.7 Å². The van der Waals surface area contributed by atoms with Crippen molar-refractivity contribution < 1.29 is 9.13 Å². The topological polar surface area (TPSA) is 64.7 Å². The molecule has 31 heavy (non-hydrogen) atoms. The molecule has 168 valence electrons. The summed E-state index contributed by atoms with van der Waals surface area (Å²) in [6.07, 6.45) is 2.74. The number of aromatic nitrogens is 1. The van der Waals surface area contributed by atoms with Crippen molar-refractivity contribution in [2.24, 2.45) is 4.99 Å². The van der Waals surface area contributed by atoms with E-state index in [1.165, 1.54) is 12.1 Å². The second-order valence-corrected chi connectivity index (χ2v) is 7.41. The third-order valence-corrected chi connectivity index (χ3v) is 4.81. The molecule has 1 aromatic heterocycles. The number of ether oxygens (including phenoxy) is 1. The lowest BCUT2D eigenvalue weighted by Gasteiger charge is -2.13. The number of H-pyrrole nitrogens is 1. The lowest BCUT2D eigenvalue weighted by Crippen LogP contribution is -2.37. The predicted octanol–water partition coefficient (Wildman–Crippen LogP) is 3.77. The third-order valence-electron chi connectivity index (χ3n) is 4.81. The van der Waals surface area contributed by atoms with Crippen LogP contribution in [-0.2, 0) is 13.0 Å². The summed E-state index contributed by atoms with van der Waals surface area (Å²) in [5, 5.41) is 7.71. The molecule has 8 heteroatoms. The Kier molecular flexibility index (Phi) is 10.1. The van der Waals surface area contributed by atoms with Gasteiger partial charge in [0.1, 0.15) is 18.2 Å². The number of benzene rings is 2. The molecule has 3 aromatic rings. The molecule has 0 spiro atoms. The van der Waals surface area contributed by atoms with Gasteiger partial charge >= 0.3 is 0 Å². The van der Waals surface area contributed by atoms with Gasteiger partial charge in [-0.1, -0.05) is 12.1 Å². The van der Waals surface area contributed by atoms with Gasteiger partial charge in [0.25, 0.3) is 0 Å². The van der Waals surface area contributed by atoms with Crippen molar-refractivity contribution in [2.75, 3.05) is 40.8 Å². The summed E-state index contributed by atoms with van der Waals surface area (Å²) in [6.45, 7) is 2.91. The van der Waals surface area contributed by atoms with Crippen LogP contribution in [0.5, 0.6) is 5.75 Å². The van der Waals surface area contributed by atoms with Crippen LogP contribution in [0.25, 0.3) is 10.9 Å². The van der Waals surface area contributed by atoms with Gasteiger partial charge in [0.05, 0.1) is 0 Å².